The molecule has 0 bridgehead atoms. The Labute approximate surface area is 96.2 Å². The number of hydrogen-bond acceptors (Lipinski definition) is 2. The van der Waals surface area contributed by atoms with Crippen LogP contribution in [0.3, 0.4) is 0 Å². The molecule has 2 aromatic rings. The summed E-state index contributed by atoms with van der Waals surface area (Å²) < 4.78 is 38.3. The van der Waals surface area contributed by atoms with Crippen LogP contribution in [0, 0.1) is 6.92 Å². The van der Waals surface area contributed by atoms with Crippen molar-refractivity contribution in [1.29, 1.82) is 0 Å². The van der Waals surface area contributed by atoms with Gasteiger partial charge in [0, 0.05) is 11.8 Å². The Balaban J connectivity index is 2.56. The van der Waals surface area contributed by atoms with Crippen molar-refractivity contribution >= 4 is 0 Å². The fourth-order valence-electron chi connectivity index (χ4n) is 1.49. The molecule has 0 fully saturated rings. The molecule has 0 saturated heterocycles. The Morgan fingerprint density at radius 1 is 1.00 bits per heavy atom. The number of nitrogens with zero attached hydrogens (tertiary/aromatic N) is 2. The maximum atomic E-state index is 12.8. The standard InChI is InChI=1S/C12H9F3N2/c1-8-6-17-11(7-16-8)9-4-2-3-5-10(9)12(13,14)15/h2-7H,1H3. The van der Waals surface area contributed by atoms with Gasteiger partial charge in [0.1, 0.15) is 0 Å². The molecule has 2 rings (SSSR count). The molecule has 0 amide bonds. The molecule has 88 valence electrons. The van der Waals surface area contributed by atoms with E-state index in [1.54, 1.807) is 13.0 Å². The molecule has 17 heavy (non-hydrogen) atoms. The Morgan fingerprint density at radius 2 is 1.71 bits per heavy atom. The molecule has 0 aliphatic rings. The number of hydrogen-bond donors (Lipinski definition) is 0. The quantitative estimate of drug-likeness (QED) is 0.760. The fourth-order valence-corrected chi connectivity index (χ4v) is 1.49. The lowest BCUT2D eigenvalue weighted by molar-refractivity contribution is -0.137. The van der Waals surface area contributed by atoms with Crippen LogP contribution in [-0.2, 0) is 6.18 Å². The second-order valence-electron chi connectivity index (χ2n) is 3.59. The molecule has 1 heterocycles. The molecule has 0 N–H and O–H groups in total. The molecule has 5 heteroatoms. The minimum Gasteiger partial charge on any atom is -0.258 e. The smallest absolute Gasteiger partial charge is 0.258 e. The van der Waals surface area contributed by atoms with Gasteiger partial charge in [-0.1, -0.05) is 18.2 Å². The molecule has 1 aromatic carbocycles. The zero-order valence-electron chi connectivity index (χ0n) is 8.99. The van der Waals surface area contributed by atoms with E-state index in [9.17, 15) is 13.2 Å². The van der Waals surface area contributed by atoms with E-state index in [0.29, 0.717) is 5.69 Å². The monoisotopic (exact) mass is 238 g/mol. The van der Waals surface area contributed by atoms with Crippen molar-refractivity contribution in [3.05, 3.63) is 47.9 Å². The summed E-state index contributed by atoms with van der Waals surface area (Å²) in [5.41, 5.74) is 0.243. The van der Waals surface area contributed by atoms with Crippen LogP contribution in [0.4, 0.5) is 13.2 Å². The third kappa shape index (κ3) is 2.43. The van der Waals surface area contributed by atoms with E-state index >= 15 is 0 Å². The zero-order valence-corrected chi connectivity index (χ0v) is 8.99. The van der Waals surface area contributed by atoms with Crippen molar-refractivity contribution < 1.29 is 13.2 Å². The lowest BCUT2D eigenvalue weighted by atomic mass is 10.0. The van der Waals surface area contributed by atoms with Gasteiger partial charge >= 0.3 is 6.18 Å². The lowest BCUT2D eigenvalue weighted by Gasteiger charge is -2.11. The Bertz CT molecular complexity index is 518. The number of aryl methyl sites for hydroxylation is 1. The topological polar surface area (TPSA) is 25.8 Å². The van der Waals surface area contributed by atoms with Gasteiger partial charge in [-0.05, 0) is 13.0 Å². The van der Waals surface area contributed by atoms with Gasteiger partial charge < -0.3 is 0 Å². The number of halogens is 3. The van der Waals surface area contributed by atoms with E-state index < -0.39 is 11.7 Å². The van der Waals surface area contributed by atoms with Crippen LogP contribution in [-0.4, -0.2) is 9.97 Å². The van der Waals surface area contributed by atoms with Crippen molar-refractivity contribution in [3.63, 3.8) is 0 Å². The molecule has 1 aromatic heterocycles. The van der Waals surface area contributed by atoms with E-state index in [1.165, 1.54) is 24.5 Å². The molecule has 0 atom stereocenters. The highest BCUT2D eigenvalue weighted by Crippen LogP contribution is 2.35. The summed E-state index contributed by atoms with van der Waals surface area (Å²) in [7, 11) is 0. The molecular formula is C12H9F3N2. The maximum Gasteiger partial charge on any atom is 0.417 e. The normalized spacial score (nSPS) is 11.5. The van der Waals surface area contributed by atoms with Gasteiger partial charge in [0.2, 0.25) is 0 Å². The summed E-state index contributed by atoms with van der Waals surface area (Å²) in [6.07, 6.45) is -1.59. The summed E-state index contributed by atoms with van der Waals surface area (Å²) in [6.45, 7) is 1.73. The van der Waals surface area contributed by atoms with Crippen LogP contribution in [0.25, 0.3) is 11.3 Å². The molecule has 0 aliphatic heterocycles. The number of alkyl halides is 3. The van der Waals surface area contributed by atoms with Crippen molar-refractivity contribution in [2.45, 2.75) is 13.1 Å². The van der Waals surface area contributed by atoms with E-state index in [4.69, 9.17) is 0 Å². The predicted octanol–water partition coefficient (Wildman–Crippen LogP) is 3.47. The fraction of sp³-hybridized carbons (Fsp3) is 0.167. The van der Waals surface area contributed by atoms with Gasteiger partial charge in [-0.15, -0.1) is 0 Å². The average Bonchev–Trinajstić information content (AvgIpc) is 2.29. The van der Waals surface area contributed by atoms with Gasteiger partial charge in [0.15, 0.2) is 0 Å². The molecule has 0 spiro atoms. The second kappa shape index (κ2) is 4.16. The molecule has 0 radical (unpaired) electrons. The third-order valence-electron chi connectivity index (χ3n) is 2.29. The van der Waals surface area contributed by atoms with E-state index in [2.05, 4.69) is 9.97 Å². The summed E-state index contributed by atoms with van der Waals surface area (Å²) >= 11 is 0. The highest BCUT2D eigenvalue weighted by atomic mass is 19.4. The first-order valence-electron chi connectivity index (χ1n) is 4.94. The van der Waals surface area contributed by atoms with Crippen LogP contribution >= 0.6 is 0 Å². The van der Waals surface area contributed by atoms with Crippen LogP contribution in [0.2, 0.25) is 0 Å². The largest absolute Gasteiger partial charge is 0.417 e. The molecule has 0 aliphatic carbocycles. The van der Waals surface area contributed by atoms with Crippen LogP contribution in [0.15, 0.2) is 36.7 Å². The summed E-state index contributed by atoms with van der Waals surface area (Å²) in [5.74, 6) is 0. The number of benzene rings is 1. The first kappa shape index (κ1) is 11.6. The van der Waals surface area contributed by atoms with Gasteiger partial charge in [0.25, 0.3) is 0 Å². The lowest BCUT2D eigenvalue weighted by Crippen LogP contribution is -2.07. The second-order valence-corrected chi connectivity index (χ2v) is 3.59. The minimum atomic E-state index is -4.39. The SMILES string of the molecule is Cc1cnc(-c2ccccc2C(F)(F)F)cn1. The predicted molar refractivity (Wildman–Crippen MR) is 57.2 cm³/mol. The van der Waals surface area contributed by atoms with Crippen molar-refractivity contribution in [3.8, 4) is 11.3 Å². The van der Waals surface area contributed by atoms with Gasteiger partial charge in [-0.25, -0.2) is 0 Å². The molecular weight excluding hydrogens is 229 g/mol. The molecule has 2 nitrogen and oxygen atoms in total. The van der Waals surface area contributed by atoms with E-state index in [1.807, 2.05) is 0 Å². The van der Waals surface area contributed by atoms with E-state index in [0.717, 1.165) is 6.07 Å². The van der Waals surface area contributed by atoms with Gasteiger partial charge in [-0.3, -0.25) is 9.97 Å². The highest BCUT2D eigenvalue weighted by Gasteiger charge is 2.33. The summed E-state index contributed by atoms with van der Waals surface area (Å²) in [6, 6.07) is 5.33. The van der Waals surface area contributed by atoms with Gasteiger partial charge in [-0.2, -0.15) is 13.2 Å². The first-order valence-corrected chi connectivity index (χ1v) is 4.94. The maximum absolute atomic E-state index is 12.8. The van der Waals surface area contributed by atoms with Crippen molar-refractivity contribution in [2.24, 2.45) is 0 Å². The molecule has 0 saturated carbocycles. The van der Waals surface area contributed by atoms with Gasteiger partial charge in [0.05, 0.1) is 23.1 Å². The van der Waals surface area contributed by atoms with Crippen molar-refractivity contribution in [2.75, 3.05) is 0 Å². The number of aromatic nitrogens is 2. The third-order valence-corrected chi connectivity index (χ3v) is 2.29. The minimum absolute atomic E-state index is 0.0486. The van der Waals surface area contributed by atoms with Crippen LogP contribution in [0.1, 0.15) is 11.3 Å². The van der Waals surface area contributed by atoms with E-state index in [-0.39, 0.29) is 11.3 Å². The highest BCUT2D eigenvalue weighted by molar-refractivity contribution is 5.63. The van der Waals surface area contributed by atoms with Crippen molar-refractivity contribution in [1.82, 2.24) is 9.97 Å². The zero-order chi connectivity index (χ0) is 12.5. The number of rotatable bonds is 1. The molecule has 0 unspecified atom stereocenters. The Kier molecular flexibility index (Phi) is 2.83. The average molecular weight is 238 g/mol. The first-order chi connectivity index (χ1) is 7.98. The van der Waals surface area contributed by atoms with Crippen LogP contribution < -0.4 is 0 Å². The van der Waals surface area contributed by atoms with Crippen LogP contribution in [0.5, 0.6) is 0 Å². The Morgan fingerprint density at radius 3 is 2.29 bits per heavy atom. The summed E-state index contributed by atoms with van der Waals surface area (Å²) in [4.78, 5) is 7.91. The summed E-state index contributed by atoms with van der Waals surface area (Å²) in [5, 5.41) is 0. The Hall–Kier alpha value is -1.91.